The average molecular weight is 284 g/mol. The van der Waals surface area contributed by atoms with Gasteiger partial charge in [0.1, 0.15) is 0 Å². The second-order valence-corrected chi connectivity index (χ2v) is 5.64. The van der Waals surface area contributed by atoms with E-state index in [1.807, 2.05) is 54.9 Å². The molecule has 2 N–H and O–H groups in total. The molecule has 1 aliphatic carbocycles. The fourth-order valence-corrected chi connectivity index (χ4v) is 2.44. The van der Waals surface area contributed by atoms with Crippen LogP contribution in [-0.4, -0.2) is 21.9 Å². The summed E-state index contributed by atoms with van der Waals surface area (Å²) in [5.74, 6) is 1.20. The highest BCUT2D eigenvalue weighted by molar-refractivity contribution is 5.88. The molecular formula is C16H20N4O. The quantitative estimate of drug-likeness (QED) is 0.906. The summed E-state index contributed by atoms with van der Waals surface area (Å²) >= 11 is 0. The maximum Gasteiger partial charge on any atom is 0.320 e. The van der Waals surface area contributed by atoms with Gasteiger partial charge in [-0.25, -0.2) is 9.48 Å². The molecule has 0 spiro atoms. The van der Waals surface area contributed by atoms with Crippen molar-refractivity contribution in [2.75, 3.05) is 5.32 Å². The summed E-state index contributed by atoms with van der Waals surface area (Å²) in [5.41, 5.74) is 1.96. The number of carbonyl (C=O) groups excluding carboxylic acids is 1. The van der Waals surface area contributed by atoms with Crippen LogP contribution in [0.5, 0.6) is 0 Å². The van der Waals surface area contributed by atoms with Gasteiger partial charge in [-0.1, -0.05) is 18.2 Å². The Morgan fingerprint density at radius 1 is 1.33 bits per heavy atom. The Kier molecular flexibility index (Phi) is 3.64. The van der Waals surface area contributed by atoms with E-state index in [4.69, 9.17) is 0 Å². The Morgan fingerprint density at radius 2 is 2.05 bits per heavy atom. The van der Waals surface area contributed by atoms with Crippen molar-refractivity contribution in [1.82, 2.24) is 15.1 Å². The van der Waals surface area contributed by atoms with Crippen LogP contribution in [0.2, 0.25) is 0 Å². The van der Waals surface area contributed by atoms with Crippen molar-refractivity contribution in [3.8, 4) is 5.69 Å². The molecule has 1 saturated carbocycles. The molecule has 5 nitrogen and oxygen atoms in total. The molecule has 1 fully saturated rings. The standard InChI is InChI=1S/C16H20N4O/c1-11-10-15(18-16(21)17-12(2)13-8-9-13)19-20(11)14-6-4-3-5-7-14/h3-7,10,12-13H,8-9H2,1-2H3,(H2,17,18,19,21)/t12-/m1/s1. The van der Waals surface area contributed by atoms with Crippen LogP contribution < -0.4 is 10.6 Å². The number of nitrogens with one attached hydrogen (secondary N) is 2. The third kappa shape index (κ3) is 3.24. The van der Waals surface area contributed by atoms with Gasteiger partial charge in [-0.3, -0.25) is 5.32 Å². The number of anilines is 1. The van der Waals surface area contributed by atoms with Crippen LogP contribution in [0.1, 0.15) is 25.5 Å². The molecule has 2 aromatic rings. The minimum absolute atomic E-state index is 0.188. The minimum Gasteiger partial charge on any atom is -0.335 e. The summed E-state index contributed by atoms with van der Waals surface area (Å²) in [5, 5.41) is 10.2. The zero-order valence-electron chi connectivity index (χ0n) is 12.3. The molecule has 21 heavy (non-hydrogen) atoms. The van der Waals surface area contributed by atoms with E-state index >= 15 is 0 Å². The number of hydrogen-bond donors (Lipinski definition) is 2. The van der Waals surface area contributed by atoms with Gasteiger partial charge in [0, 0.05) is 17.8 Å². The van der Waals surface area contributed by atoms with Gasteiger partial charge in [-0.05, 0) is 44.7 Å². The van der Waals surface area contributed by atoms with Crippen LogP contribution in [0, 0.1) is 12.8 Å². The van der Waals surface area contributed by atoms with Crippen LogP contribution in [0.4, 0.5) is 10.6 Å². The lowest BCUT2D eigenvalue weighted by atomic mass is 10.2. The molecule has 1 aromatic heterocycles. The van der Waals surface area contributed by atoms with Gasteiger partial charge >= 0.3 is 6.03 Å². The van der Waals surface area contributed by atoms with Crippen molar-refractivity contribution in [2.45, 2.75) is 32.7 Å². The Balaban J connectivity index is 1.68. The number of para-hydroxylation sites is 1. The van der Waals surface area contributed by atoms with Crippen LogP contribution in [-0.2, 0) is 0 Å². The summed E-state index contributed by atoms with van der Waals surface area (Å²) in [7, 11) is 0. The maximum atomic E-state index is 11.9. The number of aryl methyl sites for hydroxylation is 1. The molecule has 0 bridgehead atoms. The average Bonchev–Trinajstić information content (AvgIpc) is 3.24. The van der Waals surface area contributed by atoms with Crippen LogP contribution in [0.25, 0.3) is 5.69 Å². The fraction of sp³-hybridized carbons (Fsp3) is 0.375. The molecule has 0 aliphatic heterocycles. The van der Waals surface area contributed by atoms with E-state index in [1.165, 1.54) is 12.8 Å². The lowest BCUT2D eigenvalue weighted by molar-refractivity contribution is 0.248. The molecule has 1 heterocycles. The molecule has 5 heteroatoms. The highest BCUT2D eigenvalue weighted by Crippen LogP contribution is 2.32. The fourth-order valence-electron chi connectivity index (χ4n) is 2.44. The Labute approximate surface area is 124 Å². The number of amides is 2. The monoisotopic (exact) mass is 284 g/mol. The summed E-state index contributed by atoms with van der Waals surface area (Å²) in [6.45, 7) is 4.01. The molecule has 0 radical (unpaired) electrons. The first-order valence-electron chi connectivity index (χ1n) is 7.33. The third-order valence-electron chi connectivity index (χ3n) is 3.82. The molecule has 3 rings (SSSR count). The molecular weight excluding hydrogens is 264 g/mol. The molecule has 2 amide bonds. The third-order valence-corrected chi connectivity index (χ3v) is 3.82. The van der Waals surface area contributed by atoms with Crippen molar-refractivity contribution in [2.24, 2.45) is 5.92 Å². The maximum absolute atomic E-state index is 11.9. The Hall–Kier alpha value is -2.30. The number of benzene rings is 1. The second kappa shape index (κ2) is 5.60. The van der Waals surface area contributed by atoms with Crippen molar-refractivity contribution >= 4 is 11.8 Å². The van der Waals surface area contributed by atoms with Gasteiger partial charge in [-0.2, -0.15) is 0 Å². The predicted octanol–water partition coefficient (Wildman–Crippen LogP) is 3.10. The second-order valence-electron chi connectivity index (χ2n) is 5.64. The van der Waals surface area contributed by atoms with Gasteiger partial charge in [0.05, 0.1) is 5.69 Å². The molecule has 1 aromatic carbocycles. The zero-order valence-corrected chi connectivity index (χ0v) is 12.3. The molecule has 110 valence electrons. The SMILES string of the molecule is Cc1cc(NC(=O)N[C@H](C)C2CC2)nn1-c1ccccc1. The number of carbonyl (C=O) groups is 1. The number of rotatable bonds is 4. The first-order chi connectivity index (χ1) is 10.1. The van der Waals surface area contributed by atoms with Crippen molar-refractivity contribution < 1.29 is 4.79 Å². The van der Waals surface area contributed by atoms with E-state index in [0.29, 0.717) is 11.7 Å². The Morgan fingerprint density at radius 3 is 2.71 bits per heavy atom. The van der Waals surface area contributed by atoms with Gasteiger partial charge in [0.2, 0.25) is 0 Å². The van der Waals surface area contributed by atoms with Gasteiger partial charge in [0.25, 0.3) is 0 Å². The summed E-state index contributed by atoms with van der Waals surface area (Å²) < 4.78 is 1.82. The van der Waals surface area contributed by atoms with E-state index in [-0.39, 0.29) is 12.1 Å². The van der Waals surface area contributed by atoms with Crippen molar-refractivity contribution in [3.05, 3.63) is 42.1 Å². The van der Waals surface area contributed by atoms with E-state index in [1.54, 1.807) is 0 Å². The lowest BCUT2D eigenvalue weighted by Crippen LogP contribution is -2.37. The normalized spacial score (nSPS) is 15.5. The van der Waals surface area contributed by atoms with Crippen LogP contribution in [0.15, 0.2) is 36.4 Å². The molecule has 1 aliphatic rings. The van der Waals surface area contributed by atoms with Gasteiger partial charge < -0.3 is 5.32 Å². The largest absolute Gasteiger partial charge is 0.335 e. The van der Waals surface area contributed by atoms with Crippen LogP contribution >= 0.6 is 0 Å². The summed E-state index contributed by atoms with van der Waals surface area (Å²) in [6, 6.07) is 11.8. The van der Waals surface area contributed by atoms with E-state index < -0.39 is 0 Å². The van der Waals surface area contributed by atoms with E-state index in [0.717, 1.165) is 11.4 Å². The number of hydrogen-bond acceptors (Lipinski definition) is 2. The first-order valence-corrected chi connectivity index (χ1v) is 7.33. The summed E-state index contributed by atoms with van der Waals surface area (Å²) in [4.78, 5) is 11.9. The highest BCUT2D eigenvalue weighted by atomic mass is 16.2. The number of urea groups is 1. The predicted molar refractivity (Wildman–Crippen MR) is 82.6 cm³/mol. The zero-order chi connectivity index (χ0) is 14.8. The van der Waals surface area contributed by atoms with E-state index in [2.05, 4.69) is 15.7 Å². The van der Waals surface area contributed by atoms with Crippen LogP contribution in [0.3, 0.4) is 0 Å². The topological polar surface area (TPSA) is 59.0 Å². The minimum atomic E-state index is -0.188. The number of aromatic nitrogens is 2. The molecule has 0 unspecified atom stereocenters. The van der Waals surface area contributed by atoms with E-state index in [9.17, 15) is 4.79 Å². The first kappa shape index (κ1) is 13.7. The molecule has 0 saturated heterocycles. The lowest BCUT2D eigenvalue weighted by Gasteiger charge is -2.12. The Bertz CT molecular complexity index is 631. The van der Waals surface area contributed by atoms with Crippen molar-refractivity contribution in [3.63, 3.8) is 0 Å². The smallest absolute Gasteiger partial charge is 0.320 e. The van der Waals surface area contributed by atoms with Crippen molar-refractivity contribution in [1.29, 1.82) is 0 Å². The highest BCUT2D eigenvalue weighted by Gasteiger charge is 2.28. The van der Waals surface area contributed by atoms with Gasteiger partial charge in [0.15, 0.2) is 5.82 Å². The number of nitrogens with zero attached hydrogens (tertiary/aromatic N) is 2. The summed E-state index contributed by atoms with van der Waals surface area (Å²) in [6.07, 6.45) is 2.42. The molecule has 1 atom stereocenters. The van der Waals surface area contributed by atoms with Gasteiger partial charge in [-0.15, -0.1) is 5.10 Å².